The van der Waals surface area contributed by atoms with Gasteiger partial charge in [-0.15, -0.1) is 16.7 Å². The summed E-state index contributed by atoms with van der Waals surface area (Å²) in [6, 6.07) is 1.28. The van der Waals surface area contributed by atoms with Gasteiger partial charge in [-0.05, 0) is 17.7 Å². The molecule has 0 aliphatic carbocycles. The van der Waals surface area contributed by atoms with Crippen molar-refractivity contribution in [3.63, 3.8) is 0 Å². The summed E-state index contributed by atoms with van der Waals surface area (Å²) in [5.74, 6) is -5.05. The minimum Gasteiger partial charge on any atom is -0.480 e. The maximum Gasteiger partial charge on any atom is 0.451 e. The third kappa shape index (κ3) is 4.21. The predicted octanol–water partition coefficient (Wildman–Crippen LogP) is 3.47. The predicted molar refractivity (Wildman–Crippen MR) is 80.0 cm³/mol. The molecule has 0 spiro atoms. The standard InChI is InChI=1S/C13H7Cl2F6N3O3/c14-5-3-7(16)8(2-4(5)1-6(15)9(25)26)24-12(27)23(11(17)18)10(22-24)13(19,20)21/h2-3,6,11H,1H2,(H,25,26). The van der Waals surface area contributed by atoms with Gasteiger partial charge in [0.25, 0.3) is 0 Å². The Morgan fingerprint density at radius 1 is 1.30 bits per heavy atom. The number of carboxylic acids is 1. The SMILES string of the molecule is O=C(O)C(Cl)Cc1cc(-n2nc(C(F)(F)F)n(C(F)F)c2=O)c(F)cc1Cl. The molecule has 0 amide bonds. The van der Waals surface area contributed by atoms with Crippen LogP contribution < -0.4 is 5.69 Å². The average molecular weight is 438 g/mol. The summed E-state index contributed by atoms with van der Waals surface area (Å²) in [5, 5.41) is 9.67. The molecule has 1 heterocycles. The molecule has 14 heteroatoms. The Hall–Kier alpha value is -2.21. The fourth-order valence-corrected chi connectivity index (χ4v) is 2.48. The van der Waals surface area contributed by atoms with E-state index in [0.29, 0.717) is 12.1 Å². The first kappa shape index (κ1) is 21.1. The van der Waals surface area contributed by atoms with Crippen molar-refractivity contribution in [1.29, 1.82) is 0 Å². The summed E-state index contributed by atoms with van der Waals surface area (Å²) in [5.41, 5.74) is -3.04. The Balaban J connectivity index is 2.68. The van der Waals surface area contributed by atoms with Gasteiger partial charge in [0, 0.05) is 11.4 Å². The summed E-state index contributed by atoms with van der Waals surface area (Å²) in [7, 11) is 0. The van der Waals surface area contributed by atoms with Gasteiger partial charge in [-0.1, -0.05) is 11.6 Å². The minimum atomic E-state index is -5.42. The fourth-order valence-electron chi connectivity index (χ4n) is 2.08. The van der Waals surface area contributed by atoms with Crippen LogP contribution in [0.2, 0.25) is 5.02 Å². The first-order valence-electron chi connectivity index (χ1n) is 6.76. The van der Waals surface area contributed by atoms with Crippen LogP contribution in [0.15, 0.2) is 16.9 Å². The Bertz CT molecular complexity index is 941. The van der Waals surface area contributed by atoms with E-state index in [0.717, 1.165) is 0 Å². The van der Waals surface area contributed by atoms with Crippen LogP contribution in [0.1, 0.15) is 17.9 Å². The Morgan fingerprint density at radius 3 is 2.33 bits per heavy atom. The lowest BCUT2D eigenvalue weighted by Crippen LogP contribution is -2.27. The largest absolute Gasteiger partial charge is 0.480 e. The summed E-state index contributed by atoms with van der Waals surface area (Å²) in [6.45, 7) is -3.89. The van der Waals surface area contributed by atoms with Gasteiger partial charge in [0.05, 0.1) is 0 Å². The molecule has 148 valence electrons. The van der Waals surface area contributed by atoms with Crippen molar-refractivity contribution in [3.8, 4) is 5.69 Å². The Labute approximate surface area is 155 Å². The third-order valence-corrected chi connectivity index (χ3v) is 3.96. The van der Waals surface area contributed by atoms with Gasteiger partial charge in [-0.3, -0.25) is 4.79 Å². The van der Waals surface area contributed by atoms with Crippen LogP contribution in [0.25, 0.3) is 5.69 Å². The van der Waals surface area contributed by atoms with Gasteiger partial charge in [-0.25, -0.2) is 13.8 Å². The maximum absolute atomic E-state index is 14.1. The van der Waals surface area contributed by atoms with E-state index in [9.17, 15) is 35.9 Å². The van der Waals surface area contributed by atoms with Gasteiger partial charge < -0.3 is 5.11 Å². The summed E-state index contributed by atoms with van der Waals surface area (Å²) in [4.78, 5) is 22.7. The number of hydrogen-bond acceptors (Lipinski definition) is 3. The molecule has 0 saturated carbocycles. The van der Waals surface area contributed by atoms with Crippen LogP contribution >= 0.6 is 23.2 Å². The van der Waals surface area contributed by atoms with Crippen LogP contribution in [0, 0.1) is 5.82 Å². The van der Waals surface area contributed by atoms with Crippen LogP contribution in [-0.2, 0) is 17.4 Å². The second kappa shape index (κ2) is 7.43. The number of alkyl halides is 6. The molecule has 0 bridgehead atoms. The first-order chi connectivity index (χ1) is 12.3. The van der Waals surface area contributed by atoms with Crippen molar-refractivity contribution in [1.82, 2.24) is 14.3 Å². The van der Waals surface area contributed by atoms with Crippen LogP contribution in [0.4, 0.5) is 26.3 Å². The quantitative estimate of drug-likeness (QED) is 0.573. The zero-order chi connectivity index (χ0) is 20.7. The number of hydrogen-bond donors (Lipinski definition) is 1. The molecule has 1 unspecified atom stereocenters. The lowest BCUT2D eigenvalue weighted by molar-refractivity contribution is -0.152. The number of aliphatic carboxylic acids is 1. The summed E-state index contributed by atoms with van der Waals surface area (Å²) in [6.07, 6.45) is -5.91. The number of carboxylic acid groups (broad SMARTS) is 1. The van der Waals surface area contributed by atoms with Gasteiger partial charge in [-0.2, -0.15) is 26.6 Å². The summed E-state index contributed by atoms with van der Waals surface area (Å²) < 4.78 is 77.3. The van der Waals surface area contributed by atoms with E-state index in [2.05, 4.69) is 5.10 Å². The lowest BCUT2D eigenvalue weighted by Gasteiger charge is -2.10. The van der Waals surface area contributed by atoms with Gasteiger partial charge in [0.1, 0.15) is 11.1 Å². The molecular formula is C13H7Cl2F6N3O3. The molecular weight excluding hydrogens is 431 g/mol. The van der Waals surface area contributed by atoms with Crippen molar-refractivity contribution in [2.45, 2.75) is 24.5 Å². The average Bonchev–Trinajstić information content (AvgIpc) is 2.87. The van der Waals surface area contributed by atoms with Crippen molar-refractivity contribution in [2.24, 2.45) is 0 Å². The smallest absolute Gasteiger partial charge is 0.451 e. The molecule has 1 N–H and O–H groups in total. The zero-order valence-corrected chi connectivity index (χ0v) is 14.2. The van der Waals surface area contributed by atoms with E-state index < -0.39 is 58.1 Å². The normalized spacial score (nSPS) is 13.2. The molecule has 2 aromatic rings. The van der Waals surface area contributed by atoms with Crippen molar-refractivity contribution in [2.75, 3.05) is 0 Å². The van der Waals surface area contributed by atoms with Crippen molar-refractivity contribution in [3.05, 3.63) is 44.8 Å². The monoisotopic (exact) mass is 437 g/mol. The Kier molecular flexibility index (Phi) is 5.80. The third-order valence-electron chi connectivity index (χ3n) is 3.27. The molecule has 0 aliphatic heterocycles. The van der Waals surface area contributed by atoms with Gasteiger partial charge in [0.2, 0.25) is 5.82 Å². The highest BCUT2D eigenvalue weighted by atomic mass is 35.5. The number of benzene rings is 1. The zero-order valence-electron chi connectivity index (χ0n) is 12.6. The van der Waals surface area contributed by atoms with Gasteiger partial charge in [0.15, 0.2) is 5.82 Å². The second-order valence-corrected chi connectivity index (χ2v) is 6.00. The molecule has 1 aromatic heterocycles. The molecule has 1 atom stereocenters. The van der Waals surface area contributed by atoms with Crippen molar-refractivity contribution < 1.29 is 36.2 Å². The maximum atomic E-state index is 14.1. The highest BCUT2D eigenvalue weighted by molar-refractivity contribution is 6.32. The lowest BCUT2D eigenvalue weighted by atomic mass is 10.1. The second-order valence-electron chi connectivity index (χ2n) is 5.07. The Morgan fingerprint density at radius 2 is 1.89 bits per heavy atom. The molecule has 0 aliphatic rings. The number of carbonyl (C=O) groups is 1. The molecule has 6 nitrogen and oxygen atoms in total. The highest BCUT2D eigenvalue weighted by Gasteiger charge is 2.41. The fraction of sp³-hybridized carbons (Fsp3) is 0.308. The number of aromatic nitrogens is 3. The van der Waals surface area contributed by atoms with E-state index in [-0.39, 0.29) is 15.3 Å². The summed E-state index contributed by atoms with van der Waals surface area (Å²) >= 11 is 11.3. The molecule has 2 rings (SSSR count). The topological polar surface area (TPSA) is 77.1 Å². The molecule has 0 saturated heterocycles. The number of nitrogens with zero attached hydrogens (tertiary/aromatic N) is 3. The molecule has 1 aromatic carbocycles. The highest BCUT2D eigenvalue weighted by Crippen LogP contribution is 2.30. The van der Waals surface area contributed by atoms with Crippen molar-refractivity contribution >= 4 is 29.2 Å². The first-order valence-corrected chi connectivity index (χ1v) is 7.58. The van der Waals surface area contributed by atoms with E-state index >= 15 is 0 Å². The van der Waals surface area contributed by atoms with E-state index in [4.69, 9.17) is 28.3 Å². The minimum absolute atomic E-state index is 0.150. The van der Waals surface area contributed by atoms with Crippen LogP contribution in [0.3, 0.4) is 0 Å². The van der Waals surface area contributed by atoms with E-state index in [1.54, 1.807) is 0 Å². The van der Waals surface area contributed by atoms with E-state index in [1.807, 2.05) is 0 Å². The van der Waals surface area contributed by atoms with Crippen LogP contribution in [-0.4, -0.2) is 30.8 Å². The van der Waals surface area contributed by atoms with Crippen LogP contribution in [0.5, 0.6) is 0 Å². The van der Waals surface area contributed by atoms with E-state index in [1.165, 1.54) is 0 Å². The molecule has 0 radical (unpaired) electrons. The molecule has 27 heavy (non-hydrogen) atoms. The van der Waals surface area contributed by atoms with Gasteiger partial charge >= 0.3 is 24.4 Å². The number of halogens is 8. The number of rotatable bonds is 5. The molecule has 0 fully saturated rings.